The molecule has 0 saturated heterocycles. The van der Waals surface area contributed by atoms with Gasteiger partial charge in [-0.15, -0.1) is 11.3 Å². The Morgan fingerprint density at radius 2 is 1.90 bits per heavy atom. The van der Waals surface area contributed by atoms with Crippen molar-refractivity contribution in [3.8, 4) is 0 Å². The summed E-state index contributed by atoms with van der Waals surface area (Å²) in [4.78, 5) is 26.2. The maximum Gasteiger partial charge on any atom is 0.246 e. The van der Waals surface area contributed by atoms with Gasteiger partial charge in [0.05, 0.1) is 13.0 Å². The molecule has 0 fully saturated rings. The summed E-state index contributed by atoms with van der Waals surface area (Å²) in [5.74, 6) is -0.280. The van der Waals surface area contributed by atoms with Gasteiger partial charge in [0.25, 0.3) is 0 Å². The Labute approximate surface area is 122 Å². The average molecular weight is 288 g/mol. The molecule has 0 saturated carbocycles. The molecule has 0 atom stereocenters. The van der Waals surface area contributed by atoms with Crippen molar-refractivity contribution < 1.29 is 9.59 Å². The molecule has 0 aliphatic rings. The molecule has 0 aliphatic carbocycles. The quantitative estimate of drug-likeness (QED) is 0.915. The molecule has 1 heterocycles. The standard InChI is InChI=1S/C15H16N2O2S/c1-17(12-6-3-2-4-7-12)15(19)11-16-14(18)10-13-8-5-9-20-13/h2-9H,10-11H2,1H3,(H,16,18). The van der Waals surface area contributed by atoms with Gasteiger partial charge in [-0.25, -0.2) is 0 Å². The zero-order valence-electron chi connectivity index (χ0n) is 11.2. The van der Waals surface area contributed by atoms with Gasteiger partial charge in [-0.2, -0.15) is 0 Å². The van der Waals surface area contributed by atoms with Gasteiger partial charge in [-0.1, -0.05) is 24.3 Å². The monoisotopic (exact) mass is 288 g/mol. The van der Waals surface area contributed by atoms with Crippen molar-refractivity contribution in [2.24, 2.45) is 0 Å². The van der Waals surface area contributed by atoms with Gasteiger partial charge in [-0.3, -0.25) is 9.59 Å². The molecule has 104 valence electrons. The lowest BCUT2D eigenvalue weighted by Gasteiger charge is -2.17. The minimum Gasteiger partial charge on any atom is -0.347 e. The van der Waals surface area contributed by atoms with Crippen LogP contribution in [0.3, 0.4) is 0 Å². The normalized spacial score (nSPS) is 10.1. The third kappa shape index (κ3) is 3.93. The van der Waals surface area contributed by atoms with E-state index in [2.05, 4.69) is 5.32 Å². The summed E-state index contributed by atoms with van der Waals surface area (Å²) < 4.78 is 0. The zero-order valence-corrected chi connectivity index (χ0v) is 12.0. The van der Waals surface area contributed by atoms with Crippen LogP contribution in [-0.2, 0) is 16.0 Å². The number of carbonyl (C=O) groups excluding carboxylic acids is 2. The number of carbonyl (C=O) groups is 2. The molecule has 1 N–H and O–H groups in total. The van der Waals surface area contributed by atoms with Gasteiger partial charge in [0, 0.05) is 17.6 Å². The van der Waals surface area contributed by atoms with Crippen molar-refractivity contribution in [2.75, 3.05) is 18.5 Å². The van der Waals surface area contributed by atoms with Crippen LogP contribution < -0.4 is 10.2 Å². The number of benzene rings is 1. The molecule has 0 unspecified atom stereocenters. The van der Waals surface area contributed by atoms with Gasteiger partial charge in [-0.05, 0) is 23.6 Å². The van der Waals surface area contributed by atoms with Crippen molar-refractivity contribution >= 4 is 28.8 Å². The summed E-state index contributed by atoms with van der Waals surface area (Å²) in [6.07, 6.45) is 0.319. The summed E-state index contributed by atoms with van der Waals surface area (Å²) in [5, 5.41) is 4.58. The van der Waals surface area contributed by atoms with Crippen molar-refractivity contribution in [1.29, 1.82) is 0 Å². The second-order valence-electron chi connectivity index (χ2n) is 4.32. The van der Waals surface area contributed by atoms with E-state index in [1.165, 1.54) is 16.2 Å². The number of nitrogens with zero attached hydrogens (tertiary/aromatic N) is 1. The number of thiophene rings is 1. The number of anilines is 1. The molecule has 2 aromatic rings. The van der Waals surface area contributed by atoms with Crippen molar-refractivity contribution in [2.45, 2.75) is 6.42 Å². The summed E-state index contributed by atoms with van der Waals surface area (Å²) in [7, 11) is 1.70. The summed E-state index contributed by atoms with van der Waals surface area (Å²) in [6, 6.07) is 13.1. The highest BCUT2D eigenvalue weighted by Gasteiger charge is 2.12. The molecule has 20 heavy (non-hydrogen) atoms. The van der Waals surface area contributed by atoms with E-state index in [4.69, 9.17) is 0 Å². The fourth-order valence-corrected chi connectivity index (χ4v) is 2.43. The molecule has 0 bridgehead atoms. The van der Waals surface area contributed by atoms with Crippen LogP contribution in [0.15, 0.2) is 47.8 Å². The molecular formula is C15H16N2O2S. The number of rotatable bonds is 5. The molecule has 0 radical (unpaired) electrons. The van der Waals surface area contributed by atoms with Crippen LogP contribution in [0.1, 0.15) is 4.88 Å². The first-order valence-electron chi connectivity index (χ1n) is 6.27. The third-order valence-electron chi connectivity index (χ3n) is 2.87. The molecule has 4 nitrogen and oxygen atoms in total. The van der Waals surface area contributed by atoms with Crippen LogP contribution in [0.4, 0.5) is 5.69 Å². The Morgan fingerprint density at radius 1 is 1.15 bits per heavy atom. The van der Waals surface area contributed by atoms with Gasteiger partial charge in [0.15, 0.2) is 0 Å². The lowest BCUT2D eigenvalue weighted by molar-refractivity contribution is -0.124. The predicted molar refractivity (Wildman–Crippen MR) is 80.9 cm³/mol. The minimum atomic E-state index is -0.143. The largest absolute Gasteiger partial charge is 0.347 e. The topological polar surface area (TPSA) is 49.4 Å². The Morgan fingerprint density at radius 3 is 2.55 bits per heavy atom. The van der Waals surface area contributed by atoms with E-state index in [-0.39, 0.29) is 18.4 Å². The SMILES string of the molecule is CN(C(=O)CNC(=O)Cc1cccs1)c1ccccc1. The molecule has 2 amide bonds. The first kappa shape index (κ1) is 14.3. The summed E-state index contributed by atoms with van der Waals surface area (Å²) >= 11 is 1.53. The maximum absolute atomic E-state index is 12.0. The zero-order chi connectivity index (χ0) is 14.4. The molecule has 5 heteroatoms. The second-order valence-corrected chi connectivity index (χ2v) is 5.35. The fraction of sp³-hybridized carbons (Fsp3) is 0.200. The van der Waals surface area contributed by atoms with E-state index in [0.717, 1.165) is 10.6 Å². The first-order chi connectivity index (χ1) is 9.66. The fourth-order valence-electron chi connectivity index (χ4n) is 1.72. The molecule has 1 aromatic heterocycles. The maximum atomic E-state index is 12.0. The predicted octanol–water partition coefficient (Wildman–Crippen LogP) is 2.07. The van der Waals surface area contributed by atoms with E-state index in [9.17, 15) is 9.59 Å². The molecular weight excluding hydrogens is 272 g/mol. The highest BCUT2D eigenvalue weighted by atomic mass is 32.1. The second kappa shape index (κ2) is 6.86. The molecule has 1 aromatic carbocycles. The molecule has 2 rings (SSSR count). The number of hydrogen-bond acceptors (Lipinski definition) is 3. The van der Waals surface area contributed by atoms with E-state index >= 15 is 0 Å². The van der Waals surface area contributed by atoms with Crippen LogP contribution in [0, 0.1) is 0 Å². The Bertz CT molecular complexity index is 567. The lowest BCUT2D eigenvalue weighted by atomic mass is 10.3. The number of hydrogen-bond donors (Lipinski definition) is 1. The Kier molecular flexibility index (Phi) is 4.90. The van der Waals surface area contributed by atoms with E-state index < -0.39 is 0 Å². The van der Waals surface area contributed by atoms with E-state index in [1.807, 2.05) is 47.8 Å². The van der Waals surface area contributed by atoms with Crippen molar-refractivity contribution in [3.05, 3.63) is 52.7 Å². The third-order valence-corrected chi connectivity index (χ3v) is 3.75. The number of para-hydroxylation sites is 1. The van der Waals surface area contributed by atoms with Crippen LogP contribution in [-0.4, -0.2) is 25.4 Å². The van der Waals surface area contributed by atoms with Gasteiger partial charge >= 0.3 is 0 Å². The summed E-state index contributed by atoms with van der Waals surface area (Å²) in [5.41, 5.74) is 0.810. The average Bonchev–Trinajstić information content (AvgIpc) is 2.97. The van der Waals surface area contributed by atoms with E-state index in [1.54, 1.807) is 7.05 Å². The minimum absolute atomic E-state index is 0.00953. The van der Waals surface area contributed by atoms with Crippen LogP contribution >= 0.6 is 11.3 Å². The number of likely N-dealkylation sites (N-methyl/N-ethyl adjacent to an activating group) is 1. The molecule has 0 aliphatic heterocycles. The highest BCUT2D eigenvalue weighted by molar-refractivity contribution is 7.10. The van der Waals surface area contributed by atoms with Gasteiger partial charge in [0.2, 0.25) is 11.8 Å². The number of nitrogens with one attached hydrogen (secondary N) is 1. The Hall–Kier alpha value is -2.14. The lowest BCUT2D eigenvalue weighted by Crippen LogP contribution is -2.38. The smallest absolute Gasteiger partial charge is 0.246 e. The first-order valence-corrected chi connectivity index (χ1v) is 7.15. The Balaban J connectivity index is 1.81. The van der Waals surface area contributed by atoms with Crippen molar-refractivity contribution in [1.82, 2.24) is 5.32 Å². The van der Waals surface area contributed by atoms with Gasteiger partial charge < -0.3 is 10.2 Å². The van der Waals surface area contributed by atoms with Crippen LogP contribution in [0.25, 0.3) is 0 Å². The molecule has 0 spiro atoms. The number of amides is 2. The highest BCUT2D eigenvalue weighted by Crippen LogP contribution is 2.11. The van der Waals surface area contributed by atoms with Crippen LogP contribution in [0.5, 0.6) is 0 Å². The van der Waals surface area contributed by atoms with E-state index in [0.29, 0.717) is 6.42 Å². The van der Waals surface area contributed by atoms with Gasteiger partial charge in [0.1, 0.15) is 0 Å². The summed E-state index contributed by atoms with van der Waals surface area (Å²) in [6.45, 7) is 0.00953. The van der Waals surface area contributed by atoms with Crippen LogP contribution in [0.2, 0.25) is 0 Å². The van der Waals surface area contributed by atoms with Crippen molar-refractivity contribution in [3.63, 3.8) is 0 Å².